The Labute approximate surface area is 62.5 Å². The number of hydrogen-bond acceptors (Lipinski definition) is 2. The van der Waals surface area contributed by atoms with E-state index in [1.807, 2.05) is 0 Å². The monoisotopic (exact) mass is 148 g/mol. The van der Waals surface area contributed by atoms with Gasteiger partial charge < -0.3 is 14.7 Å². The molecule has 0 aromatic heterocycles. The molecule has 0 aliphatic heterocycles. The first-order valence-corrected chi connectivity index (χ1v) is 3.55. The molecule has 0 aliphatic rings. The van der Waals surface area contributed by atoms with Gasteiger partial charge in [-0.05, 0) is 0 Å². The van der Waals surface area contributed by atoms with Gasteiger partial charge in [-0.2, -0.15) is 0 Å². The zero-order valence-corrected chi connectivity index (χ0v) is 7.04. The minimum Gasteiger partial charge on any atom is -0.394 e. The molecule has 0 radical (unpaired) electrons. The van der Waals surface area contributed by atoms with Gasteiger partial charge in [0.1, 0.15) is 0 Å². The molecule has 0 heterocycles. The van der Waals surface area contributed by atoms with Crippen molar-refractivity contribution in [1.82, 2.24) is 0 Å². The summed E-state index contributed by atoms with van der Waals surface area (Å²) in [5.41, 5.74) is 0. The second kappa shape index (κ2) is 3.91. The first kappa shape index (κ1) is 9.88. The third kappa shape index (κ3) is 6.01. The summed E-state index contributed by atoms with van der Waals surface area (Å²) in [6.07, 6.45) is 0.123. The predicted octanol–water partition coefficient (Wildman–Crippen LogP) is -0.564. The molecule has 0 bridgehead atoms. The van der Waals surface area contributed by atoms with Crippen molar-refractivity contribution in [3.05, 3.63) is 0 Å². The van der Waals surface area contributed by atoms with Gasteiger partial charge in [0.25, 0.3) is 0 Å². The molecule has 0 amide bonds. The third-order valence-electron chi connectivity index (χ3n) is 1.34. The van der Waals surface area contributed by atoms with E-state index in [-0.39, 0.29) is 6.61 Å². The first-order valence-electron chi connectivity index (χ1n) is 3.55. The van der Waals surface area contributed by atoms with Crippen LogP contribution in [-0.2, 0) is 0 Å². The molecule has 1 atom stereocenters. The van der Waals surface area contributed by atoms with Gasteiger partial charge in [0.2, 0.25) is 0 Å². The molecular weight excluding hydrogens is 130 g/mol. The number of nitrogens with zero attached hydrogens (tertiary/aromatic N) is 1. The van der Waals surface area contributed by atoms with E-state index >= 15 is 0 Å². The highest BCUT2D eigenvalue weighted by atomic mass is 16.3. The van der Waals surface area contributed by atoms with E-state index in [0.717, 1.165) is 11.0 Å². The average Bonchev–Trinajstić information content (AvgIpc) is 1.81. The van der Waals surface area contributed by atoms with Crippen LogP contribution in [0.2, 0.25) is 0 Å². The summed E-state index contributed by atoms with van der Waals surface area (Å²) in [6.45, 7) is 0.766. The Morgan fingerprint density at radius 2 is 1.80 bits per heavy atom. The van der Waals surface area contributed by atoms with E-state index in [1.54, 1.807) is 0 Å². The van der Waals surface area contributed by atoms with Crippen LogP contribution in [0, 0.1) is 0 Å². The van der Waals surface area contributed by atoms with Gasteiger partial charge in [-0.15, -0.1) is 0 Å². The van der Waals surface area contributed by atoms with Gasteiger partial charge in [-0.3, -0.25) is 0 Å². The molecule has 0 aliphatic carbocycles. The maximum absolute atomic E-state index is 8.96. The maximum Gasteiger partial charge on any atom is 0.0824 e. The van der Waals surface area contributed by atoms with E-state index < -0.39 is 6.10 Å². The van der Waals surface area contributed by atoms with Crippen LogP contribution in [-0.4, -0.2) is 55.1 Å². The lowest BCUT2D eigenvalue weighted by molar-refractivity contribution is -0.870. The molecule has 0 aromatic carbocycles. The van der Waals surface area contributed by atoms with Gasteiger partial charge in [0.05, 0.1) is 40.4 Å². The average molecular weight is 148 g/mol. The summed E-state index contributed by atoms with van der Waals surface area (Å²) in [5, 5.41) is 17.4. The second-order valence-electron chi connectivity index (χ2n) is 3.64. The molecule has 2 N–H and O–H groups in total. The molecular formula is C7H18NO2+. The third-order valence-corrected chi connectivity index (χ3v) is 1.34. The van der Waals surface area contributed by atoms with Gasteiger partial charge in [0.15, 0.2) is 0 Å². The molecule has 10 heavy (non-hydrogen) atoms. The Morgan fingerprint density at radius 1 is 1.30 bits per heavy atom. The fraction of sp³-hybridized carbons (Fsp3) is 1.00. The van der Waals surface area contributed by atoms with E-state index in [2.05, 4.69) is 21.1 Å². The number of aliphatic hydroxyl groups excluding tert-OH is 2. The van der Waals surface area contributed by atoms with Crippen LogP contribution in [0.1, 0.15) is 6.42 Å². The maximum atomic E-state index is 8.96. The van der Waals surface area contributed by atoms with Crippen LogP contribution >= 0.6 is 0 Å². The van der Waals surface area contributed by atoms with Crippen molar-refractivity contribution in [3.63, 3.8) is 0 Å². The van der Waals surface area contributed by atoms with Crippen LogP contribution in [0.3, 0.4) is 0 Å². The first-order chi connectivity index (χ1) is 4.45. The Hall–Kier alpha value is -0.120. The van der Waals surface area contributed by atoms with E-state index in [9.17, 15) is 0 Å². The van der Waals surface area contributed by atoms with Crippen molar-refractivity contribution >= 4 is 0 Å². The lowest BCUT2D eigenvalue weighted by atomic mass is 10.2. The minimum atomic E-state index is -0.544. The molecule has 0 fully saturated rings. The van der Waals surface area contributed by atoms with Crippen LogP contribution in [0.4, 0.5) is 0 Å². The summed E-state index contributed by atoms with van der Waals surface area (Å²) < 4.78 is 0.830. The van der Waals surface area contributed by atoms with Crippen LogP contribution in [0.25, 0.3) is 0 Å². The Kier molecular flexibility index (Phi) is 3.86. The van der Waals surface area contributed by atoms with Crippen LogP contribution < -0.4 is 0 Å². The smallest absolute Gasteiger partial charge is 0.0824 e. The Bertz CT molecular complexity index is 88.1. The molecule has 0 saturated heterocycles. The minimum absolute atomic E-state index is 0.125. The van der Waals surface area contributed by atoms with Crippen molar-refractivity contribution in [2.75, 3.05) is 34.3 Å². The molecule has 1 unspecified atom stereocenters. The van der Waals surface area contributed by atoms with Gasteiger partial charge in [-0.1, -0.05) is 0 Å². The molecule has 0 rings (SSSR count). The number of quaternary nitrogens is 1. The van der Waals surface area contributed by atoms with Crippen molar-refractivity contribution in [2.24, 2.45) is 0 Å². The zero-order chi connectivity index (χ0) is 8.20. The lowest BCUT2D eigenvalue weighted by Crippen LogP contribution is -2.37. The number of aliphatic hydroxyl groups is 2. The largest absolute Gasteiger partial charge is 0.394 e. The quantitative estimate of drug-likeness (QED) is 0.524. The van der Waals surface area contributed by atoms with Crippen molar-refractivity contribution in [2.45, 2.75) is 12.5 Å². The van der Waals surface area contributed by atoms with E-state index in [0.29, 0.717) is 6.42 Å². The van der Waals surface area contributed by atoms with Crippen molar-refractivity contribution in [1.29, 1.82) is 0 Å². The predicted molar refractivity (Wildman–Crippen MR) is 40.6 cm³/mol. The SMILES string of the molecule is C[N+](C)(C)CCC(O)CO. The molecule has 3 nitrogen and oxygen atoms in total. The van der Waals surface area contributed by atoms with Gasteiger partial charge in [0, 0.05) is 6.42 Å². The normalized spacial score (nSPS) is 15.3. The highest BCUT2D eigenvalue weighted by Crippen LogP contribution is 1.97. The fourth-order valence-electron chi connectivity index (χ4n) is 0.628. The van der Waals surface area contributed by atoms with Gasteiger partial charge in [-0.25, -0.2) is 0 Å². The second-order valence-corrected chi connectivity index (χ2v) is 3.64. The molecule has 0 spiro atoms. The molecule has 0 saturated carbocycles. The van der Waals surface area contributed by atoms with Gasteiger partial charge >= 0.3 is 0 Å². The van der Waals surface area contributed by atoms with Crippen molar-refractivity contribution in [3.8, 4) is 0 Å². The Balaban J connectivity index is 3.36. The fourth-order valence-corrected chi connectivity index (χ4v) is 0.628. The zero-order valence-electron chi connectivity index (χ0n) is 7.04. The summed E-state index contributed by atoms with van der Waals surface area (Å²) in [4.78, 5) is 0. The highest BCUT2D eigenvalue weighted by Gasteiger charge is 2.10. The van der Waals surface area contributed by atoms with E-state index in [1.165, 1.54) is 0 Å². The molecule has 62 valence electrons. The standard InChI is InChI=1S/C7H18NO2/c1-8(2,3)5-4-7(10)6-9/h7,9-10H,4-6H2,1-3H3/q+1. The van der Waals surface area contributed by atoms with Crippen LogP contribution in [0.5, 0.6) is 0 Å². The lowest BCUT2D eigenvalue weighted by Gasteiger charge is -2.24. The van der Waals surface area contributed by atoms with Crippen LogP contribution in [0.15, 0.2) is 0 Å². The van der Waals surface area contributed by atoms with Crippen molar-refractivity contribution < 1.29 is 14.7 Å². The summed E-state index contributed by atoms with van der Waals surface area (Å²) in [7, 11) is 6.18. The summed E-state index contributed by atoms with van der Waals surface area (Å²) >= 11 is 0. The number of rotatable bonds is 4. The van der Waals surface area contributed by atoms with E-state index in [4.69, 9.17) is 10.2 Å². The summed E-state index contributed by atoms with van der Waals surface area (Å²) in [6, 6.07) is 0. The summed E-state index contributed by atoms with van der Waals surface area (Å²) in [5.74, 6) is 0. The topological polar surface area (TPSA) is 40.5 Å². The molecule has 3 heteroatoms. The molecule has 0 aromatic rings. The highest BCUT2D eigenvalue weighted by molar-refractivity contribution is 4.49. The number of hydrogen-bond donors (Lipinski definition) is 2. The Morgan fingerprint density at radius 3 is 2.10 bits per heavy atom.